The van der Waals surface area contributed by atoms with Crippen molar-refractivity contribution in [1.29, 1.82) is 0 Å². The van der Waals surface area contributed by atoms with Gasteiger partial charge in [-0.1, -0.05) is 115 Å². The Hall–Kier alpha value is -5.48. The van der Waals surface area contributed by atoms with Gasteiger partial charge in [0.05, 0.1) is 13.2 Å². The first kappa shape index (κ1) is 33.9. The molecule has 0 aromatic heterocycles. The first-order chi connectivity index (χ1) is 23.3. The average Bonchev–Trinajstić information content (AvgIpc) is 3.12. The first-order valence-electron chi connectivity index (χ1n) is 15.7. The van der Waals surface area contributed by atoms with Crippen LogP contribution >= 0.6 is 0 Å². The van der Waals surface area contributed by atoms with Gasteiger partial charge in [0.25, 0.3) is 5.60 Å². The van der Waals surface area contributed by atoms with E-state index in [2.05, 4.69) is 0 Å². The summed E-state index contributed by atoms with van der Waals surface area (Å²) in [7, 11) is 0. The maximum Gasteiger partial charge on any atom is 0.411 e. The van der Waals surface area contributed by atoms with Gasteiger partial charge in [-0.25, -0.2) is 19.2 Å². The van der Waals surface area contributed by atoms with Gasteiger partial charge in [-0.15, -0.1) is 0 Å². The average molecular weight is 652 g/mol. The predicted octanol–water partition coefficient (Wildman–Crippen LogP) is 5.59. The molecule has 1 aliphatic rings. The number of benzene rings is 4. The van der Waals surface area contributed by atoms with E-state index in [4.69, 9.17) is 18.9 Å². The van der Waals surface area contributed by atoms with Crippen LogP contribution in [-0.2, 0) is 52.0 Å². The summed E-state index contributed by atoms with van der Waals surface area (Å²) in [4.78, 5) is 54.9. The van der Waals surface area contributed by atoms with Gasteiger partial charge in [-0.05, 0) is 36.1 Å². The highest BCUT2D eigenvalue weighted by Gasteiger charge is 2.50. The molecule has 5 rings (SSSR count). The smallest absolute Gasteiger partial charge is 0.411 e. The van der Waals surface area contributed by atoms with Crippen LogP contribution in [0.2, 0.25) is 0 Å². The van der Waals surface area contributed by atoms with Crippen molar-refractivity contribution in [2.75, 3.05) is 13.2 Å². The molecule has 0 aliphatic carbocycles. The molecule has 0 bridgehead atoms. The van der Waals surface area contributed by atoms with Gasteiger partial charge in [0.1, 0.15) is 18.7 Å². The van der Waals surface area contributed by atoms with Crippen molar-refractivity contribution in [1.82, 2.24) is 4.90 Å². The number of esters is 3. The third kappa shape index (κ3) is 7.24. The van der Waals surface area contributed by atoms with Gasteiger partial charge >= 0.3 is 24.0 Å². The molecule has 4 aromatic rings. The minimum absolute atomic E-state index is 0.00162. The monoisotopic (exact) mass is 651 g/mol. The quantitative estimate of drug-likeness (QED) is 0.125. The molecule has 1 N–H and O–H groups in total. The number of ether oxygens (including phenoxy) is 4. The Labute approximate surface area is 278 Å². The number of hydrogen-bond donors (Lipinski definition) is 1. The van der Waals surface area contributed by atoms with E-state index in [1.807, 2.05) is 91.0 Å². The van der Waals surface area contributed by atoms with Crippen LogP contribution in [0.1, 0.15) is 53.8 Å². The molecule has 0 unspecified atom stereocenters. The van der Waals surface area contributed by atoms with E-state index in [-0.39, 0.29) is 31.8 Å². The summed E-state index contributed by atoms with van der Waals surface area (Å²) >= 11 is 0. The first-order valence-corrected chi connectivity index (χ1v) is 15.7. The maximum atomic E-state index is 14.1. The summed E-state index contributed by atoms with van der Waals surface area (Å²) in [5.74, 6) is -2.97. The molecule has 1 aliphatic heterocycles. The second-order valence-electron chi connectivity index (χ2n) is 11.1. The van der Waals surface area contributed by atoms with Crippen LogP contribution in [0, 0.1) is 0 Å². The predicted molar refractivity (Wildman–Crippen MR) is 174 cm³/mol. The molecule has 48 heavy (non-hydrogen) atoms. The van der Waals surface area contributed by atoms with Crippen molar-refractivity contribution in [3.63, 3.8) is 0 Å². The van der Waals surface area contributed by atoms with Crippen LogP contribution in [0.4, 0.5) is 4.79 Å². The molecule has 10 heteroatoms. The van der Waals surface area contributed by atoms with Gasteiger partial charge in [-0.2, -0.15) is 0 Å². The zero-order chi connectivity index (χ0) is 34.1. The normalized spacial score (nSPS) is 17.6. The number of amides is 1. The van der Waals surface area contributed by atoms with Crippen molar-refractivity contribution >= 4 is 24.0 Å². The van der Waals surface area contributed by atoms with E-state index in [1.54, 1.807) is 26.0 Å². The highest BCUT2D eigenvalue weighted by Crippen LogP contribution is 2.43. The van der Waals surface area contributed by atoms with E-state index in [1.165, 1.54) is 17.0 Å². The summed E-state index contributed by atoms with van der Waals surface area (Å²) in [5, 5.41) is 11.2. The number of carbonyl (C=O) groups excluding carboxylic acids is 4. The van der Waals surface area contributed by atoms with Gasteiger partial charge in [0, 0.05) is 12.0 Å². The topological polar surface area (TPSA) is 129 Å². The Bertz CT molecular complexity index is 1680. The zero-order valence-corrected chi connectivity index (χ0v) is 26.7. The zero-order valence-electron chi connectivity index (χ0n) is 26.7. The Morgan fingerprint density at radius 1 is 0.708 bits per heavy atom. The lowest BCUT2D eigenvalue weighted by Gasteiger charge is -2.44. The summed E-state index contributed by atoms with van der Waals surface area (Å²) < 4.78 is 21.9. The number of morpholine rings is 1. The van der Waals surface area contributed by atoms with Crippen molar-refractivity contribution < 1.29 is 43.2 Å². The van der Waals surface area contributed by atoms with Crippen LogP contribution in [-0.4, -0.2) is 53.3 Å². The van der Waals surface area contributed by atoms with Gasteiger partial charge in [-0.3, -0.25) is 4.90 Å². The Kier molecular flexibility index (Phi) is 10.9. The van der Waals surface area contributed by atoms with E-state index in [0.717, 1.165) is 11.1 Å². The number of hydrogen-bond acceptors (Lipinski definition) is 9. The minimum Gasteiger partial charge on any atom is -0.463 e. The molecule has 1 heterocycles. The van der Waals surface area contributed by atoms with Crippen molar-refractivity contribution in [3.05, 3.63) is 143 Å². The Balaban J connectivity index is 1.52. The SMILES string of the molecule is CCOC(=O)C(O)(C(=O)OCC)c1ccc(C[C@H]2C(=O)O[C@H](c3ccccc3)[C@H](c3ccccc3)N2C(=O)OCc2ccccc2)cc1. The van der Waals surface area contributed by atoms with Crippen LogP contribution in [0.15, 0.2) is 115 Å². The lowest BCUT2D eigenvalue weighted by atomic mass is 9.89. The summed E-state index contributed by atoms with van der Waals surface area (Å²) in [6, 6.07) is 31.8. The van der Waals surface area contributed by atoms with E-state index in [9.17, 15) is 24.3 Å². The van der Waals surface area contributed by atoms with Gasteiger partial charge < -0.3 is 24.1 Å². The van der Waals surface area contributed by atoms with E-state index >= 15 is 0 Å². The highest BCUT2D eigenvalue weighted by atomic mass is 16.6. The fraction of sp³-hybridized carbons (Fsp3) is 0.263. The molecule has 0 radical (unpaired) electrons. The fourth-order valence-electron chi connectivity index (χ4n) is 5.71. The molecule has 10 nitrogen and oxygen atoms in total. The number of rotatable bonds is 11. The van der Waals surface area contributed by atoms with E-state index in [0.29, 0.717) is 11.1 Å². The molecule has 3 atom stereocenters. The number of nitrogens with zero attached hydrogens (tertiary/aromatic N) is 1. The lowest BCUT2D eigenvalue weighted by Crippen LogP contribution is -2.55. The van der Waals surface area contributed by atoms with Crippen LogP contribution in [0.25, 0.3) is 0 Å². The molecular weight excluding hydrogens is 614 g/mol. The molecule has 1 fully saturated rings. The van der Waals surface area contributed by atoms with Gasteiger partial charge in [0.15, 0.2) is 6.10 Å². The maximum absolute atomic E-state index is 14.1. The second-order valence-corrected chi connectivity index (χ2v) is 11.1. The minimum atomic E-state index is -2.69. The van der Waals surface area contributed by atoms with Crippen molar-refractivity contribution in [2.45, 2.75) is 50.7 Å². The highest BCUT2D eigenvalue weighted by molar-refractivity contribution is 6.04. The van der Waals surface area contributed by atoms with Gasteiger partial charge in [0.2, 0.25) is 0 Å². The molecule has 0 saturated carbocycles. The molecule has 248 valence electrons. The van der Waals surface area contributed by atoms with Crippen molar-refractivity contribution in [2.24, 2.45) is 0 Å². The van der Waals surface area contributed by atoms with E-state index < -0.39 is 47.8 Å². The molecular formula is C38H37NO9. The number of carbonyl (C=O) groups is 4. The Morgan fingerprint density at radius 3 is 1.77 bits per heavy atom. The third-order valence-corrected chi connectivity index (χ3v) is 8.07. The molecule has 1 saturated heterocycles. The van der Waals surface area contributed by atoms with Crippen molar-refractivity contribution in [3.8, 4) is 0 Å². The van der Waals surface area contributed by atoms with Crippen LogP contribution in [0.3, 0.4) is 0 Å². The standard InChI is InChI=1S/C38H37NO9/c1-3-45-35(41)38(44,36(42)46-4-2)30-22-20-26(21-23-30)24-31-34(40)48-33(29-18-12-7-13-19-29)32(28-16-10-6-11-17-28)39(31)37(43)47-25-27-14-8-5-9-15-27/h5-23,31-33,44H,3-4,24-25H2,1-2H3/t31-,32-,33+/m0/s1. The summed E-state index contributed by atoms with van der Waals surface area (Å²) in [5.41, 5.74) is 0.0269. The molecule has 4 aromatic carbocycles. The lowest BCUT2D eigenvalue weighted by molar-refractivity contribution is -0.184. The molecule has 1 amide bonds. The summed E-state index contributed by atoms with van der Waals surface area (Å²) in [6.45, 7) is 2.97. The number of cyclic esters (lactones) is 1. The van der Waals surface area contributed by atoms with Crippen LogP contribution in [0.5, 0.6) is 0 Å². The fourth-order valence-corrected chi connectivity index (χ4v) is 5.71. The number of aliphatic hydroxyl groups is 1. The summed E-state index contributed by atoms with van der Waals surface area (Å²) in [6.07, 6.45) is -1.53. The largest absolute Gasteiger partial charge is 0.463 e. The second kappa shape index (κ2) is 15.4. The Morgan fingerprint density at radius 2 is 1.23 bits per heavy atom. The third-order valence-electron chi connectivity index (χ3n) is 8.07. The van der Waals surface area contributed by atoms with Crippen LogP contribution < -0.4 is 0 Å². The molecule has 0 spiro atoms.